The van der Waals surface area contributed by atoms with Gasteiger partial charge in [-0.05, 0) is 81.1 Å². The molecular formula is C31H38N4O. The van der Waals surface area contributed by atoms with Crippen LogP contribution in [0.4, 0.5) is 0 Å². The smallest absolute Gasteiger partial charge is 0.277 e. The summed E-state index contributed by atoms with van der Waals surface area (Å²) in [5.41, 5.74) is 4.12. The molecule has 4 fully saturated rings. The highest BCUT2D eigenvalue weighted by molar-refractivity contribution is 5.80. The van der Waals surface area contributed by atoms with E-state index < -0.39 is 0 Å². The van der Waals surface area contributed by atoms with Crippen LogP contribution < -0.4 is 10.9 Å². The van der Waals surface area contributed by atoms with Crippen LogP contribution in [0.1, 0.15) is 82.4 Å². The molecule has 6 atom stereocenters. The summed E-state index contributed by atoms with van der Waals surface area (Å²) in [6.07, 6.45) is 20.5. The molecule has 7 rings (SSSR count). The number of hydrogen-bond donors (Lipinski definition) is 1. The summed E-state index contributed by atoms with van der Waals surface area (Å²) in [5.74, 6) is 1.91. The van der Waals surface area contributed by atoms with Crippen LogP contribution in [-0.2, 0) is 0 Å². The van der Waals surface area contributed by atoms with Crippen molar-refractivity contribution in [2.75, 3.05) is 0 Å². The molecule has 4 bridgehead atoms. The van der Waals surface area contributed by atoms with Gasteiger partial charge >= 0.3 is 0 Å². The number of hydrogen-bond acceptors (Lipinski definition) is 4. The van der Waals surface area contributed by atoms with Crippen molar-refractivity contribution in [2.24, 2.45) is 11.8 Å². The van der Waals surface area contributed by atoms with E-state index in [1.54, 1.807) is 0 Å². The standard InChI is InChI=1S/C31H38N4O/c1-20-12-13-23(19-32-20)30-31(36)35(29-11-3-2-10-28(29)33-30)27-17-24-8-5-9-25(18-27)34(24)26-15-21-6-4-7-22(14-21)16-26/h2-3,10-13,19,21-22,24-27,32H,1,4-9,14-18H2/t21-,22+,24-,25+,26+,27+. The summed E-state index contributed by atoms with van der Waals surface area (Å²) in [7, 11) is 0. The molecule has 4 heterocycles. The van der Waals surface area contributed by atoms with Crippen molar-refractivity contribution in [2.45, 2.75) is 94.8 Å². The summed E-state index contributed by atoms with van der Waals surface area (Å²) in [4.78, 5) is 21.9. The number of allylic oxidation sites excluding steroid dienone is 3. The van der Waals surface area contributed by atoms with E-state index in [2.05, 4.69) is 27.4 Å². The van der Waals surface area contributed by atoms with Crippen LogP contribution in [0.5, 0.6) is 0 Å². The molecule has 2 saturated heterocycles. The molecule has 2 saturated carbocycles. The average molecular weight is 483 g/mol. The molecule has 5 nitrogen and oxygen atoms in total. The second kappa shape index (κ2) is 9.02. The Morgan fingerprint density at radius 3 is 2.28 bits per heavy atom. The minimum absolute atomic E-state index is 0.0441. The number of rotatable bonds is 3. The van der Waals surface area contributed by atoms with Gasteiger partial charge in [0.2, 0.25) is 0 Å². The number of para-hydroxylation sites is 2. The summed E-state index contributed by atoms with van der Waals surface area (Å²) >= 11 is 0. The quantitative estimate of drug-likeness (QED) is 0.588. The van der Waals surface area contributed by atoms with Crippen molar-refractivity contribution in [1.82, 2.24) is 19.8 Å². The SMILES string of the molecule is C=C1C=CC(c2nc3ccccc3n([C@H]3C[C@H]4CCC[C@@H](C3)N4[C@H]3C[C@@H]4CCC[C@@H](C4)C3)c2=O)=CN1. The van der Waals surface area contributed by atoms with Crippen LogP contribution in [0.25, 0.3) is 16.6 Å². The number of fused-ring (bicyclic) bond motifs is 5. The fourth-order valence-corrected chi connectivity index (χ4v) is 8.44. The molecular weight excluding hydrogens is 444 g/mol. The third-order valence-electron chi connectivity index (χ3n) is 9.84. The van der Waals surface area contributed by atoms with Gasteiger partial charge in [0, 0.05) is 41.6 Å². The van der Waals surface area contributed by atoms with Crippen LogP contribution in [0.2, 0.25) is 0 Å². The van der Waals surface area contributed by atoms with Crippen LogP contribution in [0.3, 0.4) is 0 Å². The van der Waals surface area contributed by atoms with Gasteiger partial charge in [-0.25, -0.2) is 4.98 Å². The average Bonchev–Trinajstić information content (AvgIpc) is 2.88. The molecule has 5 aliphatic rings. The molecule has 36 heavy (non-hydrogen) atoms. The fraction of sp³-hybridized carbons (Fsp3) is 0.548. The van der Waals surface area contributed by atoms with E-state index in [4.69, 9.17) is 4.98 Å². The van der Waals surface area contributed by atoms with Crippen molar-refractivity contribution >= 4 is 16.6 Å². The van der Waals surface area contributed by atoms with Crippen molar-refractivity contribution < 1.29 is 0 Å². The number of nitrogens with zero attached hydrogens (tertiary/aromatic N) is 3. The molecule has 2 aromatic rings. The van der Waals surface area contributed by atoms with Gasteiger partial charge in [0.1, 0.15) is 5.69 Å². The number of dihydropyridines is 1. The largest absolute Gasteiger partial charge is 0.361 e. The highest BCUT2D eigenvalue weighted by atomic mass is 16.1. The Hall–Kier alpha value is -2.66. The van der Waals surface area contributed by atoms with Gasteiger partial charge in [0.15, 0.2) is 0 Å². The molecule has 0 radical (unpaired) electrons. The third kappa shape index (κ3) is 3.87. The van der Waals surface area contributed by atoms with E-state index in [0.29, 0.717) is 17.8 Å². The van der Waals surface area contributed by atoms with Crippen LogP contribution in [0, 0.1) is 11.8 Å². The third-order valence-corrected chi connectivity index (χ3v) is 9.84. The number of benzene rings is 1. The second-order valence-corrected chi connectivity index (χ2v) is 12.1. The topological polar surface area (TPSA) is 50.2 Å². The maximum absolute atomic E-state index is 14.1. The van der Waals surface area contributed by atoms with Crippen molar-refractivity contribution in [1.29, 1.82) is 0 Å². The Balaban J connectivity index is 1.24. The van der Waals surface area contributed by atoms with Crippen LogP contribution in [0.15, 0.2) is 59.7 Å². The van der Waals surface area contributed by atoms with Gasteiger partial charge in [0.05, 0.1) is 11.0 Å². The zero-order valence-corrected chi connectivity index (χ0v) is 21.2. The predicted octanol–water partition coefficient (Wildman–Crippen LogP) is 5.94. The van der Waals surface area contributed by atoms with Crippen molar-refractivity contribution in [3.8, 4) is 0 Å². The first-order valence-corrected chi connectivity index (χ1v) is 14.3. The molecule has 0 unspecified atom stereocenters. The molecule has 0 spiro atoms. The first-order valence-electron chi connectivity index (χ1n) is 14.3. The summed E-state index contributed by atoms with van der Waals surface area (Å²) < 4.78 is 2.12. The summed E-state index contributed by atoms with van der Waals surface area (Å²) in [6.45, 7) is 3.95. The highest BCUT2D eigenvalue weighted by Gasteiger charge is 2.45. The van der Waals surface area contributed by atoms with E-state index in [1.165, 1.54) is 57.8 Å². The van der Waals surface area contributed by atoms with E-state index in [1.807, 2.05) is 36.6 Å². The first-order chi connectivity index (χ1) is 17.6. The molecule has 1 aromatic heterocycles. The van der Waals surface area contributed by atoms with E-state index in [-0.39, 0.29) is 11.6 Å². The minimum atomic E-state index is 0.0441. The number of aromatic nitrogens is 2. The van der Waals surface area contributed by atoms with Crippen molar-refractivity contribution in [3.05, 3.63) is 70.9 Å². The number of piperidine rings is 2. The fourth-order valence-electron chi connectivity index (χ4n) is 8.44. The molecule has 1 N–H and O–H groups in total. The van der Waals surface area contributed by atoms with Gasteiger partial charge in [-0.15, -0.1) is 0 Å². The van der Waals surface area contributed by atoms with Crippen LogP contribution >= 0.6 is 0 Å². The Kier molecular flexibility index (Phi) is 5.65. The zero-order valence-electron chi connectivity index (χ0n) is 21.2. The molecule has 1 aromatic carbocycles. The zero-order chi connectivity index (χ0) is 24.2. The van der Waals surface area contributed by atoms with E-state index in [9.17, 15) is 4.79 Å². The van der Waals surface area contributed by atoms with E-state index >= 15 is 0 Å². The predicted molar refractivity (Wildman–Crippen MR) is 145 cm³/mol. The summed E-state index contributed by atoms with van der Waals surface area (Å²) in [6, 6.07) is 10.4. The van der Waals surface area contributed by atoms with Gasteiger partial charge in [0.25, 0.3) is 5.56 Å². The molecule has 5 heteroatoms. The molecule has 0 amide bonds. The lowest BCUT2D eigenvalue weighted by Gasteiger charge is -2.55. The monoisotopic (exact) mass is 482 g/mol. The lowest BCUT2D eigenvalue weighted by Crippen LogP contribution is -2.58. The Morgan fingerprint density at radius 2 is 1.56 bits per heavy atom. The highest BCUT2D eigenvalue weighted by Crippen LogP contribution is 2.47. The lowest BCUT2D eigenvalue weighted by atomic mass is 9.68. The van der Waals surface area contributed by atoms with Crippen LogP contribution in [-0.4, -0.2) is 32.6 Å². The lowest BCUT2D eigenvalue weighted by molar-refractivity contribution is -0.0485. The Bertz CT molecular complexity index is 1280. The maximum atomic E-state index is 14.1. The van der Waals surface area contributed by atoms with Gasteiger partial charge < -0.3 is 9.88 Å². The van der Waals surface area contributed by atoms with Gasteiger partial charge in [-0.3, -0.25) is 9.69 Å². The van der Waals surface area contributed by atoms with Gasteiger partial charge in [-0.2, -0.15) is 0 Å². The minimum Gasteiger partial charge on any atom is -0.361 e. The normalized spacial score (nSPS) is 34.3. The van der Waals surface area contributed by atoms with Crippen molar-refractivity contribution in [3.63, 3.8) is 0 Å². The summed E-state index contributed by atoms with van der Waals surface area (Å²) in [5, 5.41) is 3.16. The second-order valence-electron chi connectivity index (χ2n) is 12.1. The maximum Gasteiger partial charge on any atom is 0.277 e. The van der Waals surface area contributed by atoms with E-state index in [0.717, 1.165) is 53.0 Å². The first kappa shape index (κ1) is 22.5. The molecule has 2 aliphatic carbocycles. The Labute approximate surface area is 214 Å². The molecule has 188 valence electrons. The Morgan fingerprint density at radius 1 is 0.833 bits per heavy atom. The van der Waals surface area contributed by atoms with Gasteiger partial charge in [-0.1, -0.05) is 44.4 Å². The molecule has 3 aliphatic heterocycles. The number of nitrogens with one attached hydrogen (secondary N) is 1.